The minimum atomic E-state index is -1.36. The molecule has 0 spiro atoms. The third-order valence-electron chi connectivity index (χ3n) is 4.98. The van der Waals surface area contributed by atoms with Crippen molar-refractivity contribution in [1.29, 1.82) is 0 Å². The topological polar surface area (TPSA) is 187 Å². The third-order valence-corrected chi connectivity index (χ3v) is 4.98. The number of ether oxygens (including phenoxy) is 6. The van der Waals surface area contributed by atoms with Gasteiger partial charge in [0.2, 0.25) is 5.91 Å². The molecule has 232 valence electrons. The third kappa shape index (κ3) is 12.0. The molecule has 14 nitrogen and oxygen atoms in total. The highest BCUT2D eigenvalue weighted by atomic mass is 16.6. The van der Waals surface area contributed by atoms with Crippen molar-refractivity contribution in [3.8, 4) is 23.0 Å². The van der Waals surface area contributed by atoms with Crippen molar-refractivity contribution in [1.82, 2.24) is 5.32 Å². The molecule has 0 saturated carbocycles. The lowest BCUT2D eigenvalue weighted by atomic mass is 10.2. The van der Waals surface area contributed by atoms with Crippen LogP contribution in [0.1, 0.15) is 38.8 Å². The lowest BCUT2D eigenvalue weighted by Crippen LogP contribution is -2.44. The summed E-state index contributed by atoms with van der Waals surface area (Å²) in [6.45, 7) is 4.10. The fourth-order valence-corrected chi connectivity index (χ4v) is 3.28. The van der Waals surface area contributed by atoms with Crippen molar-refractivity contribution in [3.05, 3.63) is 59.7 Å². The van der Waals surface area contributed by atoms with E-state index in [0.29, 0.717) is 11.1 Å². The van der Waals surface area contributed by atoms with E-state index in [1.54, 1.807) is 0 Å². The number of carbonyl (C=O) groups is 7. The fraction of sp³-hybridized carbons (Fsp3) is 0.233. The highest BCUT2D eigenvalue weighted by Crippen LogP contribution is 2.30. The Balaban J connectivity index is 2.07. The number of methoxy groups -OCH3 is 1. The molecule has 0 aliphatic heterocycles. The van der Waals surface area contributed by atoms with E-state index in [-0.39, 0.29) is 23.0 Å². The largest absolute Gasteiger partial charge is 0.467 e. The van der Waals surface area contributed by atoms with Gasteiger partial charge in [0.05, 0.1) is 7.11 Å². The average Bonchev–Trinajstić information content (AvgIpc) is 2.93. The van der Waals surface area contributed by atoms with Crippen LogP contribution in [0.15, 0.2) is 48.6 Å². The van der Waals surface area contributed by atoms with Gasteiger partial charge in [0.25, 0.3) is 0 Å². The van der Waals surface area contributed by atoms with Gasteiger partial charge in [-0.25, -0.2) is 9.59 Å². The number of hydrogen-bond donors (Lipinski definition) is 1. The summed E-state index contributed by atoms with van der Waals surface area (Å²) in [5, 5.41) is 2.35. The standard InChI is InChI=1S/C30H29NO13/c1-17(32)41-24-10-6-21(14-26(24)43-19(3)34)8-12-28(36)31-23(30(38)39-5)16-40-29(37)13-9-22-7-11-25(42-18(2)33)27(15-22)44-20(4)35/h6-15,23H,16H2,1-5H3,(H,31,36)/t23-/m0/s1. The van der Waals surface area contributed by atoms with E-state index < -0.39 is 54.4 Å². The predicted molar refractivity (Wildman–Crippen MR) is 151 cm³/mol. The lowest BCUT2D eigenvalue weighted by Gasteiger charge is -2.15. The summed E-state index contributed by atoms with van der Waals surface area (Å²) in [6.07, 6.45) is 4.74. The normalized spacial score (nSPS) is 11.3. The van der Waals surface area contributed by atoms with Crippen molar-refractivity contribution >= 4 is 53.9 Å². The van der Waals surface area contributed by atoms with Crippen LogP contribution in [0, 0.1) is 0 Å². The maximum Gasteiger partial charge on any atom is 0.331 e. The molecule has 0 fully saturated rings. The number of esters is 6. The predicted octanol–water partition coefficient (Wildman–Crippen LogP) is 2.32. The van der Waals surface area contributed by atoms with Crippen molar-refractivity contribution in [2.45, 2.75) is 33.7 Å². The van der Waals surface area contributed by atoms with Gasteiger partial charge in [-0.15, -0.1) is 0 Å². The Morgan fingerprint density at radius 2 is 1.09 bits per heavy atom. The van der Waals surface area contributed by atoms with Crippen LogP contribution in [0.25, 0.3) is 12.2 Å². The van der Waals surface area contributed by atoms with Crippen molar-refractivity contribution in [3.63, 3.8) is 0 Å². The van der Waals surface area contributed by atoms with Crippen LogP contribution in [0.4, 0.5) is 0 Å². The highest BCUT2D eigenvalue weighted by molar-refractivity contribution is 5.95. The molecule has 2 aromatic rings. The Labute approximate surface area is 251 Å². The Bertz CT molecular complexity index is 1510. The summed E-state index contributed by atoms with van der Waals surface area (Å²) in [6, 6.07) is 7.05. The number of benzene rings is 2. The molecular weight excluding hydrogens is 582 g/mol. The van der Waals surface area contributed by atoms with E-state index in [4.69, 9.17) is 23.7 Å². The molecule has 14 heteroatoms. The monoisotopic (exact) mass is 611 g/mol. The molecule has 0 aromatic heterocycles. The first-order chi connectivity index (χ1) is 20.8. The molecule has 1 atom stereocenters. The summed E-state index contributed by atoms with van der Waals surface area (Å²) < 4.78 is 29.8. The minimum Gasteiger partial charge on any atom is -0.467 e. The first-order valence-corrected chi connectivity index (χ1v) is 12.7. The maximum absolute atomic E-state index is 12.5. The van der Waals surface area contributed by atoms with Crippen LogP contribution < -0.4 is 24.3 Å². The van der Waals surface area contributed by atoms with Gasteiger partial charge in [-0.2, -0.15) is 0 Å². The number of rotatable bonds is 12. The average molecular weight is 612 g/mol. The molecule has 0 aliphatic rings. The smallest absolute Gasteiger partial charge is 0.331 e. The van der Waals surface area contributed by atoms with E-state index in [1.807, 2.05) is 0 Å². The number of amides is 1. The molecule has 1 amide bonds. The van der Waals surface area contributed by atoms with E-state index in [0.717, 1.165) is 33.1 Å². The summed E-state index contributed by atoms with van der Waals surface area (Å²) in [4.78, 5) is 82.3. The number of carbonyl (C=O) groups excluding carboxylic acids is 7. The summed E-state index contributed by atoms with van der Waals surface area (Å²) in [5.74, 6) is -5.20. The van der Waals surface area contributed by atoms with Gasteiger partial charge in [0.1, 0.15) is 6.61 Å². The van der Waals surface area contributed by atoms with E-state index in [2.05, 4.69) is 10.1 Å². The van der Waals surface area contributed by atoms with Crippen LogP contribution >= 0.6 is 0 Å². The first-order valence-electron chi connectivity index (χ1n) is 12.7. The fourth-order valence-electron chi connectivity index (χ4n) is 3.28. The zero-order chi connectivity index (χ0) is 32.8. The highest BCUT2D eigenvalue weighted by Gasteiger charge is 2.22. The summed E-state index contributed by atoms with van der Waals surface area (Å²) in [5.41, 5.74) is 0.769. The second-order valence-corrected chi connectivity index (χ2v) is 8.67. The van der Waals surface area contributed by atoms with Crippen LogP contribution in [-0.4, -0.2) is 61.5 Å². The molecule has 0 saturated heterocycles. The Morgan fingerprint density at radius 1 is 0.659 bits per heavy atom. The van der Waals surface area contributed by atoms with Gasteiger partial charge in [0.15, 0.2) is 29.0 Å². The first kappa shape index (κ1) is 34.4. The lowest BCUT2D eigenvalue weighted by molar-refractivity contribution is -0.149. The summed E-state index contributed by atoms with van der Waals surface area (Å²) >= 11 is 0. The molecule has 2 rings (SSSR count). The molecule has 1 N–H and O–H groups in total. The summed E-state index contributed by atoms with van der Waals surface area (Å²) in [7, 11) is 1.08. The quantitative estimate of drug-likeness (QED) is 0.209. The van der Waals surface area contributed by atoms with Crippen molar-refractivity contribution in [2.75, 3.05) is 13.7 Å². The SMILES string of the molecule is COC(=O)[C@H](COC(=O)C=Cc1ccc(OC(C)=O)c(OC(C)=O)c1)NC(=O)C=Cc1ccc(OC(C)=O)c(OC(C)=O)c1. The second-order valence-electron chi connectivity index (χ2n) is 8.67. The molecule has 0 aliphatic carbocycles. The van der Waals surface area contributed by atoms with E-state index in [1.165, 1.54) is 62.4 Å². The molecule has 0 unspecified atom stereocenters. The Kier molecular flexibility index (Phi) is 13.0. The second kappa shape index (κ2) is 16.6. The van der Waals surface area contributed by atoms with Gasteiger partial charge in [-0.1, -0.05) is 12.1 Å². The van der Waals surface area contributed by atoms with Crippen LogP contribution in [0.2, 0.25) is 0 Å². The Morgan fingerprint density at radius 3 is 1.52 bits per heavy atom. The van der Waals surface area contributed by atoms with E-state index >= 15 is 0 Å². The molecule has 0 bridgehead atoms. The zero-order valence-electron chi connectivity index (χ0n) is 24.4. The molecule has 44 heavy (non-hydrogen) atoms. The van der Waals surface area contributed by atoms with Gasteiger partial charge in [0, 0.05) is 39.8 Å². The maximum atomic E-state index is 12.5. The van der Waals surface area contributed by atoms with Crippen molar-refractivity contribution < 1.29 is 62.0 Å². The van der Waals surface area contributed by atoms with Gasteiger partial charge in [-0.3, -0.25) is 24.0 Å². The molecule has 0 radical (unpaired) electrons. The van der Waals surface area contributed by atoms with Crippen LogP contribution in [0.5, 0.6) is 23.0 Å². The molecule has 2 aromatic carbocycles. The van der Waals surface area contributed by atoms with Crippen molar-refractivity contribution in [2.24, 2.45) is 0 Å². The Hall–Kier alpha value is -5.79. The van der Waals surface area contributed by atoms with Crippen LogP contribution in [0.3, 0.4) is 0 Å². The minimum absolute atomic E-state index is 0.000213. The zero-order valence-corrected chi connectivity index (χ0v) is 24.4. The van der Waals surface area contributed by atoms with Crippen LogP contribution in [-0.2, 0) is 43.0 Å². The van der Waals surface area contributed by atoms with Gasteiger partial charge >= 0.3 is 35.8 Å². The molecule has 0 heterocycles. The number of hydrogen-bond acceptors (Lipinski definition) is 13. The van der Waals surface area contributed by atoms with E-state index in [9.17, 15) is 33.6 Å². The molecular formula is C30H29NO13. The van der Waals surface area contributed by atoms with Gasteiger partial charge in [-0.05, 0) is 47.5 Å². The van der Waals surface area contributed by atoms with Gasteiger partial charge < -0.3 is 33.7 Å². The number of nitrogens with one attached hydrogen (secondary N) is 1.